The number of hydrogen-bond acceptors (Lipinski definition) is 5. The van der Waals surface area contributed by atoms with Gasteiger partial charge in [-0.2, -0.15) is 0 Å². The minimum absolute atomic E-state index is 0.294. The van der Waals surface area contributed by atoms with E-state index in [0.29, 0.717) is 49.6 Å². The van der Waals surface area contributed by atoms with Crippen LogP contribution in [0, 0.1) is 0 Å². The molecule has 0 fully saturated rings. The van der Waals surface area contributed by atoms with Gasteiger partial charge in [0.05, 0.1) is 12.2 Å². The molecule has 1 aliphatic rings. The van der Waals surface area contributed by atoms with Crippen molar-refractivity contribution in [3.05, 3.63) is 65.9 Å². The number of ether oxygens (including phenoxy) is 2. The van der Waals surface area contributed by atoms with Crippen molar-refractivity contribution < 1.29 is 19.1 Å². The fraction of sp³-hybridized carbons (Fsp3) is 0.333. The van der Waals surface area contributed by atoms with Crippen molar-refractivity contribution in [2.75, 3.05) is 31.7 Å². The predicted octanol–water partition coefficient (Wildman–Crippen LogP) is 4.09. The molecular formula is C24H28N2O4. The molecule has 1 aliphatic heterocycles. The van der Waals surface area contributed by atoms with Gasteiger partial charge in [0, 0.05) is 25.4 Å². The van der Waals surface area contributed by atoms with Crippen LogP contribution in [0.2, 0.25) is 0 Å². The smallest absolute Gasteiger partial charge is 0.278 e. The highest BCUT2D eigenvalue weighted by atomic mass is 16.5. The number of nitrogens with one attached hydrogen (secondary N) is 1. The lowest BCUT2D eigenvalue weighted by atomic mass is 10.0. The Morgan fingerprint density at radius 1 is 0.900 bits per heavy atom. The van der Waals surface area contributed by atoms with Crippen LogP contribution in [-0.4, -0.2) is 43.1 Å². The zero-order valence-electron chi connectivity index (χ0n) is 17.5. The molecule has 3 rings (SSSR count). The molecule has 2 amide bonds. The highest BCUT2D eigenvalue weighted by Crippen LogP contribution is 2.31. The summed E-state index contributed by atoms with van der Waals surface area (Å²) in [6, 6.07) is 16.7. The minimum atomic E-state index is -0.318. The van der Waals surface area contributed by atoms with E-state index in [1.54, 1.807) is 0 Å². The van der Waals surface area contributed by atoms with Gasteiger partial charge in [-0.3, -0.25) is 14.5 Å². The average molecular weight is 408 g/mol. The van der Waals surface area contributed by atoms with Crippen molar-refractivity contribution in [2.45, 2.75) is 26.7 Å². The highest BCUT2D eigenvalue weighted by Gasteiger charge is 2.38. The van der Waals surface area contributed by atoms with Gasteiger partial charge < -0.3 is 14.8 Å². The number of benzene rings is 2. The second-order valence-electron chi connectivity index (χ2n) is 6.93. The molecule has 6 heteroatoms. The van der Waals surface area contributed by atoms with Gasteiger partial charge in [0.25, 0.3) is 11.8 Å². The number of anilines is 1. The number of carbonyl (C=O) groups excluding carboxylic acids is 2. The van der Waals surface area contributed by atoms with E-state index in [0.717, 1.165) is 17.9 Å². The summed E-state index contributed by atoms with van der Waals surface area (Å²) < 4.78 is 11.0. The van der Waals surface area contributed by atoms with E-state index in [-0.39, 0.29) is 11.8 Å². The first-order valence-corrected chi connectivity index (χ1v) is 10.4. The number of hydrogen-bond donors (Lipinski definition) is 1. The van der Waals surface area contributed by atoms with Crippen LogP contribution < -0.4 is 10.1 Å². The minimum Gasteiger partial charge on any atom is -0.494 e. The summed E-state index contributed by atoms with van der Waals surface area (Å²) in [5.41, 5.74) is 2.11. The van der Waals surface area contributed by atoms with Crippen LogP contribution in [-0.2, 0) is 14.3 Å². The zero-order chi connectivity index (χ0) is 21.3. The summed E-state index contributed by atoms with van der Waals surface area (Å²) in [5, 5.41) is 3.16. The van der Waals surface area contributed by atoms with E-state index in [1.807, 2.05) is 68.4 Å². The van der Waals surface area contributed by atoms with Gasteiger partial charge in [-0.25, -0.2) is 0 Å². The van der Waals surface area contributed by atoms with E-state index in [4.69, 9.17) is 9.47 Å². The monoisotopic (exact) mass is 408 g/mol. The Hall–Kier alpha value is -3.12. The molecule has 1 N–H and O–H groups in total. The Labute approximate surface area is 177 Å². The number of nitrogens with zero attached hydrogens (tertiary/aromatic N) is 1. The normalized spacial score (nSPS) is 13.9. The first-order chi connectivity index (χ1) is 14.7. The van der Waals surface area contributed by atoms with Crippen molar-refractivity contribution >= 4 is 23.1 Å². The number of amides is 2. The Kier molecular flexibility index (Phi) is 7.63. The predicted molar refractivity (Wildman–Crippen MR) is 117 cm³/mol. The van der Waals surface area contributed by atoms with E-state index >= 15 is 0 Å². The van der Waals surface area contributed by atoms with Gasteiger partial charge in [-0.1, -0.05) is 37.3 Å². The molecule has 0 spiro atoms. The second-order valence-corrected chi connectivity index (χ2v) is 6.93. The van der Waals surface area contributed by atoms with Gasteiger partial charge in [0.1, 0.15) is 11.4 Å². The Morgan fingerprint density at radius 3 is 2.30 bits per heavy atom. The maximum Gasteiger partial charge on any atom is 0.278 e. The van der Waals surface area contributed by atoms with E-state index in [2.05, 4.69) is 5.32 Å². The molecule has 30 heavy (non-hydrogen) atoms. The summed E-state index contributed by atoms with van der Waals surface area (Å²) in [5.74, 6) is 0.128. The number of para-hydroxylation sites is 1. The number of rotatable bonds is 11. The first kappa shape index (κ1) is 21.6. The topological polar surface area (TPSA) is 67.9 Å². The Bertz CT molecular complexity index is 891. The molecule has 2 aromatic rings. The van der Waals surface area contributed by atoms with Gasteiger partial charge in [-0.05, 0) is 49.6 Å². The lowest BCUT2D eigenvalue weighted by molar-refractivity contribution is -0.137. The van der Waals surface area contributed by atoms with Gasteiger partial charge in [-0.15, -0.1) is 0 Å². The molecule has 2 aromatic carbocycles. The Balaban J connectivity index is 1.88. The zero-order valence-corrected chi connectivity index (χ0v) is 17.5. The lowest BCUT2D eigenvalue weighted by Gasteiger charge is -2.15. The molecule has 0 atom stereocenters. The molecular weight excluding hydrogens is 380 g/mol. The largest absolute Gasteiger partial charge is 0.494 e. The molecule has 0 aromatic heterocycles. The fourth-order valence-electron chi connectivity index (χ4n) is 3.24. The fourth-order valence-corrected chi connectivity index (χ4v) is 3.24. The SMILES string of the molecule is CCCOc1ccc(C2=C(Nc3ccccc3)C(=O)N(CCCOCC)C2=O)cc1. The third-order valence-electron chi connectivity index (χ3n) is 4.70. The molecule has 1 heterocycles. The van der Waals surface area contributed by atoms with Crippen molar-refractivity contribution in [1.29, 1.82) is 0 Å². The molecule has 6 nitrogen and oxygen atoms in total. The molecule has 0 bridgehead atoms. The molecule has 0 unspecified atom stereocenters. The second kappa shape index (κ2) is 10.6. The highest BCUT2D eigenvalue weighted by molar-refractivity contribution is 6.36. The number of imide groups is 1. The van der Waals surface area contributed by atoms with Crippen LogP contribution in [0.4, 0.5) is 5.69 Å². The summed E-state index contributed by atoms with van der Waals surface area (Å²) in [4.78, 5) is 27.6. The van der Waals surface area contributed by atoms with Crippen LogP contribution in [0.1, 0.15) is 32.3 Å². The van der Waals surface area contributed by atoms with Gasteiger partial charge in [0.2, 0.25) is 0 Å². The van der Waals surface area contributed by atoms with Crippen LogP contribution in [0.5, 0.6) is 5.75 Å². The van der Waals surface area contributed by atoms with Crippen molar-refractivity contribution in [2.24, 2.45) is 0 Å². The number of carbonyl (C=O) groups is 2. The summed E-state index contributed by atoms with van der Waals surface area (Å²) in [6.45, 7) is 6.03. The standard InChI is InChI=1S/C24H28N2O4/c1-3-16-30-20-13-11-18(12-14-20)21-22(25-19-9-6-5-7-10-19)24(28)26(23(21)27)15-8-17-29-4-2/h5-7,9-14,25H,3-4,8,15-17H2,1-2H3. The first-order valence-electron chi connectivity index (χ1n) is 10.4. The maximum absolute atomic E-state index is 13.2. The molecule has 158 valence electrons. The van der Waals surface area contributed by atoms with Crippen LogP contribution in [0.15, 0.2) is 60.3 Å². The summed E-state index contributed by atoms with van der Waals surface area (Å²) >= 11 is 0. The average Bonchev–Trinajstić information content (AvgIpc) is 3.00. The van der Waals surface area contributed by atoms with Crippen molar-refractivity contribution in [1.82, 2.24) is 4.90 Å². The van der Waals surface area contributed by atoms with Crippen molar-refractivity contribution in [3.8, 4) is 5.75 Å². The van der Waals surface area contributed by atoms with Crippen LogP contribution in [0.3, 0.4) is 0 Å². The van der Waals surface area contributed by atoms with E-state index in [1.165, 1.54) is 4.90 Å². The molecule has 0 radical (unpaired) electrons. The molecule has 0 saturated heterocycles. The van der Waals surface area contributed by atoms with Gasteiger partial charge >= 0.3 is 0 Å². The maximum atomic E-state index is 13.2. The summed E-state index contributed by atoms with van der Waals surface area (Å²) in [7, 11) is 0. The van der Waals surface area contributed by atoms with E-state index in [9.17, 15) is 9.59 Å². The van der Waals surface area contributed by atoms with Crippen LogP contribution in [0.25, 0.3) is 5.57 Å². The third kappa shape index (κ3) is 5.07. The summed E-state index contributed by atoms with van der Waals surface area (Å²) in [6.07, 6.45) is 1.52. The third-order valence-corrected chi connectivity index (χ3v) is 4.70. The Morgan fingerprint density at radius 2 is 1.63 bits per heavy atom. The molecule has 0 aliphatic carbocycles. The molecule has 0 saturated carbocycles. The van der Waals surface area contributed by atoms with Gasteiger partial charge in [0.15, 0.2) is 0 Å². The quantitative estimate of drug-likeness (QED) is 0.448. The lowest BCUT2D eigenvalue weighted by Crippen LogP contribution is -2.34. The van der Waals surface area contributed by atoms with E-state index < -0.39 is 0 Å². The van der Waals surface area contributed by atoms with Crippen molar-refractivity contribution in [3.63, 3.8) is 0 Å². The van der Waals surface area contributed by atoms with Crippen LogP contribution >= 0.6 is 0 Å².